The largest absolute Gasteiger partial charge is 0.409 e. The van der Waals surface area contributed by atoms with E-state index in [4.69, 9.17) is 10.9 Å². The number of amidine groups is 1. The lowest BCUT2D eigenvalue weighted by molar-refractivity contribution is 0.234. The summed E-state index contributed by atoms with van der Waals surface area (Å²) in [5, 5.41) is 11.8. The first-order valence-corrected chi connectivity index (χ1v) is 7.00. The summed E-state index contributed by atoms with van der Waals surface area (Å²) in [6.45, 7) is 6.22. The molecule has 0 fully saturated rings. The molecule has 0 atom stereocenters. The lowest BCUT2D eigenvalue weighted by atomic mass is 10.1. The van der Waals surface area contributed by atoms with E-state index in [-0.39, 0.29) is 5.84 Å². The van der Waals surface area contributed by atoms with Crippen molar-refractivity contribution in [1.82, 2.24) is 9.80 Å². The number of benzene rings is 1. The molecule has 0 aliphatic heterocycles. The van der Waals surface area contributed by atoms with Gasteiger partial charge in [-0.05, 0) is 38.7 Å². The van der Waals surface area contributed by atoms with Crippen molar-refractivity contribution in [2.75, 3.05) is 33.7 Å². The molecule has 5 nitrogen and oxygen atoms in total. The van der Waals surface area contributed by atoms with Crippen molar-refractivity contribution in [2.45, 2.75) is 19.9 Å². The quantitative estimate of drug-likeness (QED) is 0.328. The molecule has 0 heterocycles. The van der Waals surface area contributed by atoms with E-state index < -0.39 is 0 Å². The van der Waals surface area contributed by atoms with Gasteiger partial charge in [-0.1, -0.05) is 30.3 Å². The van der Waals surface area contributed by atoms with Gasteiger partial charge in [0, 0.05) is 25.2 Å². The summed E-state index contributed by atoms with van der Waals surface area (Å²) in [4.78, 5) is 4.61. The predicted molar refractivity (Wildman–Crippen MR) is 83.1 cm³/mol. The summed E-state index contributed by atoms with van der Waals surface area (Å²) >= 11 is 0. The van der Waals surface area contributed by atoms with Crippen LogP contribution in [-0.4, -0.2) is 54.6 Å². The first kappa shape index (κ1) is 16.5. The molecule has 0 aliphatic rings. The van der Waals surface area contributed by atoms with E-state index in [0.717, 1.165) is 38.2 Å². The average Bonchev–Trinajstić information content (AvgIpc) is 2.44. The Kier molecular flexibility index (Phi) is 7.04. The van der Waals surface area contributed by atoms with Crippen molar-refractivity contribution in [1.29, 1.82) is 0 Å². The average molecular weight is 278 g/mol. The van der Waals surface area contributed by atoms with Crippen LogP contribution in [0, 0.1) is 0 Å². The molecule has 0 bridgehead atoms. The van der Waals surface area contributed by atoms with Crippen molar-refractivity contribution in [3.8, 4) is 0 Å². The molecule has 0 spiro atoms. The number of hydrogen-bond donors (Lipinski definition) is 2. The number of nitrogens with two attached hydrogens (primary N) is 1. The van der Waals surface area contributed by atoms with Gasteiger partial charge < -0.3 is 15.8 Å². The molecule has 0 saturated carbocycles. The Balaban J connectivity index is 2.72. The number of rotatable bonds is 8. The van der Waals surface area contributed by atoms with Crippen molar-refractivity contribution in [3.63, 3.8) is 0 Å². The summed E-state index contributed by atoms with van der Waals surface area (Å²) in [5.74, 6) is 0.155. The molecule has 3 N–H and O–H groups in total. The number of hydrogen-bond acceptors (Lipinski definition) is 4. The molecular formula is C15H26N4O. The van der Waals surface area contributed by atoms with E-state index >= 15 is 0 Å². The fraction of sp³-hybridized carbons (Fsp3) is 0.533. The third kappa shape index (κ3) is 5.59. The highest BCUT2D eigenvalue weighted by molar-refractivity contribution is 5.97. The standard InChI is InChI=1S/C15H26N4O/c1-4-8-19(10-9-18(2)3)12-13-6-5-7-14(11-13)15(16)17-20/h5-7,11,20H,4,8-10,12H2,1-3H3,(H2,16,17). The molecular weight excluding hydrogens is 252 g/mol. The molecule has 5 heteroatoms. The molecule has 0 saturated heterocycles. The zero-order valence-electron chi connectivity index (χ0n) is 12.7. The third-order valence-electron chi connectivity index (χ3n) is 3.14. The molecule has 0 aliphatic carbocycles. The second-order valence-corrected chi connectivity index (χ2v) is 5.27. The van der Waals surface area contributed by atoms with Gasteiger partial charge in [-0.25, -0.2) is 0 Å². The number of likely N-dealkylation sites (N-methyl/N-ethyl adjacent to an activating group) is 1. The zero-order valence-corrected chi connectivity index (χ0v) is 12.7. The van der Waals surface area contributed by atoms with Gasteiger partial charge in [0.15, 0.2) is 5.84 Å². The molecule has 1 aromatic rings. The van der Waals surface area contributed by atoms with Crippen LogP contribution >= 0.6 is 0 Å². The Morgan fingerprint density at radius 3 is 2.60 bits per heavy atom. The minimum Gasteiger partial charge on any atom is -0.409 e. The summed E-state index contributed by atoms with van der Waals surface area (Å²) in [7, 11) is 4.17. The minimum atomic E-state index is 0.155. The Bertz CT molecular complexity index is 432. The van der Waals surface area contributed by atoms with Crippen LogP contribution in [0.4, 0.5) is 0 Å². The van der Waals surface area contributed by atoms with Crippen LogP contribution < -0.4 is 5.73 Å². The van der Waals surface area contributed by atoms with E-state index in [0.29, 0.717) is 0 Å². The number of oxime groups is 1. The van der Waals surface area contributed by atoms with Crippen molar-refractivity contribution in [2.24, 2.45) is 10.9 Å². The van der Waals surface area contributed by atoms with Crippen molar-refractivity contribution < 1.29 is 5.21 Å². The first-order chi connectivity index (χ1) is 9.56. The Hall–Kier alpha value is -1.59. The van der Waals surface area contributed by atoms with E-state index in [9.17, 15) is 0 Å². The highest BCUT2D eigenvalue weighted by Crippen LogP contribution is 2.09. The van der Waals surface area contributed by atoms with Gasteiger partial charge in [-0.3, -0.25) is 4.90 Å². The number of nitrogens with zero attached hydrogens (tertiary/aromatic N) is 3. The minimum absolute atomic E-state index is 0.155. The van der Waals surface area contributed by atoms with Gasteiger partial charge in [-0.15, -0.1) is 0 Å². The van der Waals surface area contributed by atoms with Crippen LogP contribution in [0.15, 0.2) is 29.4 Å². The van der Waals surface area contributed by atoms with Gasteiger partial charge in [0.1, 0.15) is 0 Å². The lowest BCUT2D eigenvalue weighted by Gasteiger charge is -2.23. The Labute approximate surface area is 121 Å². The van der Waals surface area contributed by atoms with Crippen molar-refractivity contribution in [3.05, 3.63) is 35.4 Å². The lowest BCUT2D eigenvalue weighted by Crippen LogP contribution is -2.32. The maximum atomic E-state index is 8.74. The normalized spacial score (nSPS) is 12.3. The van der Waals surface area contributed by atoms with Gasteiger partial charge >= 0.3 is 0 Å². The highest BCUT2D eigenvalue weighted by Gasteiger charge is 2.07. The van der Waals surface area contributed by atoms with Crippen molar-refractivity contribution >= 4 is 5.84 Å². The first-order valence-electron chi connectivity index (χ1n) is 7.00. The molecule has 0 radical (unpaired) electrons. The summed E-state index contributed by atoms with van der Waals surface area (Å²) in [6.07, 6.45) is 1.13. The maximum absolute atomic E-state index is 8.74. The van der Waals surface area contributed by atoms with E-state index in [1.54, 1.807) is 0 Å². The fourth-order valence-corrected chi connectivity index (χ4v) is 2.07. The molecule has 0 unspecified atom stereocenters. The van der Waals surface area contributed by atoms with Gasteiger partial charge in [0.05, 0.1) is 0 Å². The summed E-state index contributed by atoms with van der Waals surface area (Å²) < 4.78 is 0. The molecule has 0 amide bonds. The van der Waals surface area contributed by atoms with Crippen LogP contribution in [0.25, 0.3) is 0 Å². The van der Waals surface area contributed by atoms with Crippen LogP contribution in [0.5, 0.6) is 0 Å². The molecule has 1 rings (SSSR count). The second kappa shape index (κ2) is 8.55. The topological polar surface area (TPSA) is 65.1 Å². The summed E-state index contributed by atoms with van der Waals surface area (Å²) in [5.41, 5.74) is 7.57. The van der Waals surface area contributed by atoms with Gasteiger partial charge in [0.2, 0.25) is 0 Å². The maximum Gasteiger partial charge on any atom is 0.170 e. The predicted octanol–water partition coefficient (Wildman–Crippen LogP) is 1.55. The zero-order chi connectivity index (χ0) is 15.0. The summed E-state index contributed by atoms with van der Waals surface area (Å²) in [6, 6.07) is 7.85. The molecule has 0 aromatic heterocycles. The monoisotopic (exact) mass is 278 g/mol. The molecule has 20 heavy (non-hydrogen) atoms. The van der Waals surface area contributed by atoms with Crippen LogP contribution in [0.2, 0.25) is 0 Å². The highest BCUT2D eigenvalue weighted by atomic mass is 16.4. The van der Waals surface area contributed by atoms with E-state index in [1.807, 2.05) is 18.2 Å². The second-order valence-electron chi connectivity index (χ2n) is 5.27. The Morgan fingerprint density at radius 2 is 2.00 bits per heavy atom. The molecule has 112 valence electrons. The van der Waals surface area contributed by atoms with Gasteiger partial charge in [0.25, 0.3) is 0 Å². The SMILES string of the molecule is CCCN(CCN(C)C)Cc1cccc(C(N)=NO)c1. The van der Waals surface area contributed by atoms with Gasteiger partial charge in [-0.2, -0.15) is 0 Å². The third-order valence-corrected chi connectivity index (χ3v) is 3.14. The van der Waals surface area contributed by atoms with Crippen LogP contribution in [0.3, 0.4) is 0 Å². The van der Waals surface area contributed by atoms with E-state index in [2.05, 4.69) is 42.0 Å². The Morgan fingerprint density at radius 1 is 1.25 bits per heavy atom. The smallest absolute Gasteiger partial charge is 0.170 e. The molecule has 1 aromatic carbocycles. The fourth-order valence-electron chi connectivity index (χ4n) is 2.07. The van der Waals surface area contributed by atoms with Crippen LogP contribution in [-0.2, 0) is 6.54 Å². The van der Waals surface area contributed by atoms with E-state index in [1.165, 1.54) is 5.56 Å². The van der Waals surface area contributed by atoms with Crippen LogP contribution in [0.1, 0.15) is 24.5 Å².